The average Bonchev–Trinajstić information content (AvgIpc) is 2.58. The molecule has 3 heterocycles. The van der Waals surface area contributed by atoms with Gasteiger partial charge >= 0.3 is 0 Å². The Balaban J connectivity index is 1.64. The molecule has 1 saturated carbocycles. The van der Waals surface area contributed by atoms with Gasteiger partial charge < -0.3 is 4.90 Å². The van der Waals surface area contributed by atoms with E-state index >= 15 is 0 Å². The Kier molecular flexibility index (Phi) is 2.83. The maximum atomic E-state index is 4.70. The zero-order valence-electron chi connectivity index (χ0n) is 12.5. The van der Waals surface area contributed by atoms with E-state index in [-0.39, 0.29) is 0 Å². The van der Waals surface area contributed by atoms with Crippen LogP contribution in [0.3, 0.4) is 0 Å². The predicted octanol–water partition coefficient (Wildman–Crippen LogP) is 3.71. The summed E-state index contributed by atoms with van der Waals surface area (Å²) in [7, 11) is 0. The molecular formula is C17H23N3. The first-order chi connectivity index (χ1) is 9.70. The second-order valence-electron chi connectivity index (χ2n) is 6.71. The molecule has 20 heavy (non-hydrogen) atoms. The maximum Gasteiger partial charge on any atom is 0.226 e. The van der Waals surface area contributed by atoms with Gasteiger partial charge in [-0.1, -0.05) is 11.1 Å². The van der Waals surface area contributed by atoms with E-state index in [9.17, 15) is 0 Å². The SMILES string of the molecule is Cc1cc(C)nc(N2C3CCC2CC(=C2CCC2)C3)n1. The average molecular weight is 269 g/mol. The third-order valence-corrected chi connectivity index (χ3v) is 5.24. The van der Waals surface area contributed by atoms with Gasteiger partial charge in [-0.05, 0) is 64.9 Å². The quantitative estimate of drug-likeness (QED) is 0.728. The normalized spacial score (nSPS) is 28.8. The molecular weight excluding hydrogens is 246 g/mol. The smallest absolute Gasteiger partial charge is 0.226 e. The van der Waals surface area contributed by atoms with Gasteiger partial charge in [-0.15, -0.1) is 0 Å². The molecule has 0 aromatic carbocycles. The van der Waals surface area contributed by atoms with Gasteiger partial charge in [0.25, 0.3) is 0 Å². The van der Waals surface area contributed by atoms with Crippen molar-refractivity contribution in [3.05, 3.63) is 28.6 Å². The van der Waals surface area contributed by atoms with Gasteiger partial charge in [0.05, 0.1) is 0 Å². The fourth-order valence-electron chi connectivity index (χ4n) is 4.16. The zero-order chi connectivity index (χ0) is 13.7. The monoisotopic (exact) mass is 269 g/mol. The Morgan fingerprint density at radius 2 is 1.55 bits per heavy atom. The van der Waals surface area contributed by atoms with Crippen molar-refractivity contribution in [2.45, 2.75) is 70.9 Å². The number of fused-ring (bicyclic) bond motifs is 2. The third-order valence-electron chi connectivity index (χ3n) is 5.24. The van der Waals surface area contributed by atoms with Gasteiger partial charge in [-0.25, -0.2) is 9.97 Å². The van der Waals surface area contributed by atoms with Crippen molar-refractivity contribution >= 4 is 5.95 Å². The van der Waals surface area contributed by atoms with E-state index < -0.39 is 0 Å². The first-order valence-electron chi connectivity index (χ1n) is 8.01. The minimum atomic E-state index is 0.651. The first-order valence-corrected chi connectivity index (χ1v) is 8.01. The van der Waals surface area contributed by atoms with Crippen LogP contribution in [0.5, 0.6) is 0 Å². The summed E-state index contributed by atoms with van der Waals surface area (Å²) in [6.45, 7) is 4.15. The van der Waals surface area contributed by atoms with E-state index in [1.807, 2.05) is 0 Å². The van der Waals surface area contributed by atoms with Gasteiger partial charge in [-0.2, -0.15) is 0 Å². The molecule has 2 aliphatic heterocycles. The second-order valence-corrected chi connectivity index (χ2v) is 6.71. The largest absolute Gasteiger partial charge is 0.334 e. The van der Waals surface area contributed by atoms with Crippen molar-refractivity contribution in [1.82, 2.24) is 9.97 Å². The molecule has 0 N–H and O–H groups in total. The summed E-state index contributed by atoms with van der Waals surface area (Å²) in [5.74, 6) is 0.979. The lowest BCUT2D eigenvalue weighted by molar-refractivity contribution is 0.513. The Labute approximate surface area is 121 Å². The van der Waals surface area contributed by atoms with Crippen LogP contribution in [0.4, 0.5) is 5.95 Å². The molecule has 0 spiro atoms. The second kappa shape index (κ2) is 4.57. The highest BCUT2D eigenvalue weighted by Crippen LogP contribution is 2.44. The number of piperidine rings is 1. The van der Waals surface area contributed by atoms with Crippen molar-refractivity contribution in [2.24, 2.45) is 0 Å². The molecule has 106 valence electrons. The summed E-state index contributed by atoms with van der Waals surface area (Å²) in [5.41, 5.74) is 5.75. The highest BCUT2D eigenvalue weighted by atomic mass is 15.3. The summed E-state index contributed by atoms with van der Waals surface area (Å²) in [6.07, 6.45) is 9.32. The lowest BCUT2D eigenvalue weighted by atomic mass is 9.82. The number of hydrogen-bond acceptors (Lipinski definition) is 3. The molecule has 1 aliphatic carbocycles. The number of allylic oxidation sites excluding steroid dienone is 1. The molecule has 0 radical (unpaired) electrons. The minimum Gasteiger partial charge on any atom is -0.334 e. The molecule has 2 bridgehead atoms. The van der Waals surface area contributed by atoms with Crippen LogP contribution in [-0.4, -0.2) is 22.1 Å². The highest BCUT2D eigenvalue weighted by molar-refractivity contribution is 5.42. The van der Waals surface area contributed by atoms with Gasteiger partial charge in [0.1, 0.15) is 0 Å². The number of aryl methyl sites for hydroxylation is 2. The molecule has 3 fully saturated rings. The summed E-state index contributed by atoms with van der Waals surface area (Å²) in [6, 6.07) is 3.37. The topological polar surface area (TPSA) is 29.0 Å². The van der Waals surface area contributed by atoms with Crippen molar-refractivity contribution < 1.29 is 0 Å². The highest BCUT2D eigenvalue weighted by Gasteiger charge is 2.41. The molecule has 2 saturated heterocycles. The van der Waals surface area contributed by atoms with Crippen LogP contribution in [0.15, 0.2) is 17.2 Å². The minimum absolute atomic E-state index is 0.651. The Hall–Kier alpha value is -1.38. The van der Waals surface area contributed by atoms with E-state index in [1.54, 1.807) is 11.1 Å². The van der Waals surface area contributed by atoms with Gasteiger partial charge in [0.2, 0.25) is 5.95 Å². The molecule has 2 unspecified atom stereocenters. The molecule has 3 nitrogen and oxygen atoms in total. The van der Waals surface area contributed by atoms with Crippen LogP contribution in [0.25, 0.3) is 0 Å². The fourth-order valence-corrected chi connectivity index (χ4v) is 4.16. The van der Waals surface area contributed by atoms with Crippen molar-refractivity contribution in [3.8, 4) is 0 Å². The lowest BCUT2D eigenvalue weighted by Crippen LogP contribution is -2.42. The molecule has 2 atom stereocenters. The Bertz CT molecular complexity index is 533. The van der Waals surface area contributed by atoms with Crippen molar-refractivity contribution in [3.63, 3.8) is 0 Å². The lowest BCUT2D eigenvalue weighted by Gasteiger charge is -2.38. The predicted molar refractivity (Wildman–Crippen MR) is 80.9 cm³/mol. The number of nitrogens with zero attached hydrogens (tertiary/aromatic N) is 3. The number of anilines is 1. The van der Waals surface area contributed by atoms with Gasteiger partial charge in [-0.3, -0.25) is 0 Å². The summed E-state index contributed by atoms with van der Waals surface area (Å²) in [4.78, 5) is 11.9. The first kappa shape index (κ1) is 12.4. The molecule has 0 amide bonds. The maximum absolute atomic E-state index is 4.70. The summed E-state index contributed by atoms with van der Waals surface area (Å²) >= 11 is 0. The standard InChI is InChI=1S/C17H23N3/c1-11-8-12(2)19-17(18-11)20-15-6-7-16(20)10-14(9-15)13-4-3-5-13/h8,15-16H,3-7,9-10H2,1-2H3. The molecule has 1 aromatic heterocycles. The number of hydrogen-bond donors (Lipinski definition) is 0. The van der Waals surface area contributed by atoms with E-state index in [2.05, 4.69) is 24.8 Å². The van der Waals surface area contributed by atoms with Crippen molar-refractivity contribution in [1.29, 1.82) is 0 Å². The van der Waals surface area contributed by atoms with E-state index in [4.69, 9.17) is 9.97 Å². The Morgan fingerprint density at radius 3 is 2.05 bits per heavy atom. The Morgan fingerprint density at radius 1 is 0.950 bits per heavy atom. The number of rotatable bonds is 1. The van der Waals surface area contributed by atoms with E-state index in [0.717, 1.165) is 17.3 Å². The van der Waals surface area contributed by atoms with Crippen LogP contribution in [-0.2, 0) is 0 Å². The summed E-state index contributed by atoms with van der Waals surface area (Å²) < 4.78 is 0. The van der Waals surface area contributed by atoms with E-state index in [0.29, 0.717) is 12.1 Å². The molecule has 4 rings (SSSR count). The van der Waals surface area contributed by atoms with Gasteiger partial charge in [0, 0.05) is 23.5 Å². The fraction of sp³-hybridized carbons (Fsp3) is 0.647. The molecule has 3 heteroatoms. The molecule has 3 aliphatic rings. The van der Waals surface area contributed by atoms with Crippen LogP contribution in [0.1, 0.15) is 56.3 Å². The van der Waals surface area contributed by atoms with Crippen LogP contribution in [0, 0.1) is 13.8 Å². The van der Waals surface area contributed by atoms with E-state index in [1.165, 1.54) is 44.9 Å². The van der Waals surface area contributed by atoms with Crippen molar-refractivity contribution in [2.75, 3.05) is 4.90 Å². The number of aromatic nitrogens is 2. The summed E-state index contributed by atoms with van der Waals surface area (Å²) in [5, 5.41) is 0. The zero-order valence-corrected chi connectivity index (χ0v) is 12.5. The third kappa shape index (κ3) is 1.95. The van der Waals surface area contributed by atoms with Crippen LogP contribution >= 0.6 is 0 Å². The van der Waals surface area contributed by atoms with Gasteiger partial charge in [0.15, 0.2) is 0 Å². The van der Waals surface area contributed by atoms with Crippen LogP contribution in [0.2, 0.25) is 0 Å². The van der Waals surface area contributed by atoms with Crippen LogP contribution < -0.4 is 4.90 Å². The molecule has 1 aromatic rings.